The third kappa shape index (κ3) is 1.50. The number of hydrogen-bond acceptors (Lipinski definition) is 4. The molecule has 5 heteroatoms. The normalized spacial score (nSPS) is 19.3. The van der Waals surface area contributed by atoms with E-state index in [9.17, 15) is 5.26 Å². The molecule has 2 heterocycles. The summed E-state index contributed by atoms with van der Waals surface area (Å²) in [6.07, 6.45) is 4.12. The second-order valence-electron chi connectivity index (χ2n) is 6.46. The van der Waals surface area contributed by atoms with Gasteiger partial charge in [-0.1, -0.05) is 12.8 Å². The van der Waals surface area contributed by atoms with Gasteiger partial charge in [-0.25, -0.2) is 4.98 Å². The summed E-state index contributed by atoms with van der Waals surface area (Å²) in [7, 11) is 0. The van der Waals surface area contributed by atoms with Crippen molar-refractivity contribution in [3.63, 3.8) is 0 Å². The first-order valence-corrected chi connectivity index (χ1v) is 7.74. The fourth-order valence-electron chi connectivity index (χ4n) is 3.99. The van der Waals surface area contributed by atoms with Crippen molar-refractivity contribution >= 4 is 17.0 Å². The minimum atomic E-state index is -0.324. The fourth-order valence-corrected chi connectivity index (χ4v) is 3.99. The molecule has 1 aliphatic carbocycles. The van der Waals surface area contributed by atoms with Crippen molar-refractivity contribution in [1.29, 1.82) is 5.26 Å². The van der Waals surface area contributed by atoms with Crippen LogP contribution in [0.2, 0.25) is 0 Å². The number of nitriles is 1. The van der Waals surface area contributed by atoms with Crippen molar-refractivity contribution in [3.05, 3.63) is 34.7 Å². The molecule has 0 saturated heterocycles. The average molecular weight is 293 g/mol. The van der Waals surface area contributed by atoms with Crippen LogP contribution in [0.1, 0.15) is 36.8 Å². The van der Waals surface area contributed by atoms with Gasteiger partial charge in [0.25, 0.3) is 0 Å². The molecule has 1 aromatic heterocycles. The predicted octanol–water partition coefficient (Wildman–Crippen LogP) is 3.04. The molecular weight excluding hydrogens is 274 g/mol. The molecule has 2 aliphatic rings. The number of imidazole rings is 1. The van der Waals surface area contributed by atoms with Crippen molar-refractivity contribution in [2.75, 3.05) is 5.32 Å². The second-order valence-corrected chi connectivity index (χ2v) is 6.46. The molecule has 5 nitrogen and oxygen atoms in total. The molecule has 112 valence electrons. The number of rotatable bonds is 0. The van der Waals surface area contributed by atoms with Crippen molar-refractivity contribution in [2.24, 2.45) is 5.73 Å². The molecule has 1 aromatic carbocycles. The zero-order chi connectivity index (χ0) is 15.5. The van der Waals surface area contributed by atoms with E-state index in [1.54, 1.807) is 0 Å². The summed E-state index contributed by atoms with van der Waals surface area (Å²) in [4.78, 5) is 4.72. The Kier molecular flexibility index (Phi) is 2.56. The largest absolute Gasteiger partial charge is 0.384 e. The van der Waals surface area contributed by atoms with E-state index < -0.39 is 0 Å². The number of benzene rings is 1. The van der Waals surface area contributed by atoms with Crippen LogP contribution in [-0.2, 0) is 5.54 Å². The monoisotopic (exact) mass is 293 g/mol. The third-order valence-corrected chi connectivity index (χ3v) is 5.22. The summed E-state index contributed by atoms with van der Waals surface area (Å²) in [5.74, 6) is 1.22. The van der Waals surface area contributed by atoms with E-state index in [2.05, 4.69) is 41.9 Å². The fraction of sp³-hybridized carbons (Fsp3) is 0.412. The number of aryl methyl sites for hydroxylation is 2. The van der Waals surface area contributed by atoms with Gasteiger partial charge in [0.2, 0.25) is 5.95 Å². The van der Waals surface area contributed by atoms with Crippen molar-refractivity contribution in [2.45, 2.75) is 45.1 Å². The highest BCUT2D eigenvalue weighted by Gasteiger charge is 2.46. The number of aromatic nitrogens is 2. The highest BCUT2D eigenvalue weighted by atomic mass is 15.3. The lowest BCUT2D eigenvalue weighted by Gasteiger charge is -2.36. The lowest BCUT2D eigenvalue weighted by Crippen LogP contribution is -2.40. The Morgan fingerprint density at radius 1 is 1.27 bits per heavy atom. The zero-order valence-electron chi connectivity index (χ0n) is 12.9. The quantitative estimate of drug-likeness (QED) is 0.782. The molecule has 4 rings (SSSR count). The van der Waals surface area contributed by atoms with E-state index in [-0.39, 0.29) is 5.54 Å². The van der Waals surface area contributed by atoms with Gasteiger partial charge in [-0.2, -0.15) is 5.26 Å². The van der Waals surface area contributed by atoms with Crippen LogP contribution in [0.25, 0.3) is 11.0 Å². The summed E-state index contributed by atoms with van der Waals surface area (Å²) in [6, 6.07) is 6.64. The van der Waals surface area contributed by atoms with Crippen molar-refractivity contribution in [1.82, 2.24) is 9.55 Å². The maximum atomic E-state index is 9.66. The Labute approximate surface area is 129 Å². The predicted molar refractivity (Wildman–Crippen MR) is 86.1 cm³/mol. The van der Waals surface area contributed by atoms with Gasteiger partial charge in [-0.05, 0) is 49.9 Å². The molecule has 0 unspecified atom stereocenters. The van der Waals surface area contributed by atoms with Gasteiger partial charge in [0, 0.05) is 0 Å². The van der Waals surface area contributed by atoms with E-state index >= 15 is 0 Å². The smallest absolute Gasteiger partial charge is 0.210 e. The minimum absolute atomic E-state index is 0.324. The summed E-state index contributed by atoms with van der Waals surface area (Å²) in [5.41, 5.74) is 11.0. The standard InChI is InChI=1S/C17H19N5/c1-10-7-13-14(8-11(10)2)22-16(20-13)21-15(19)12(9-18)17(22)5-3-4-6-17/h7-8H,3-6,19H2,1-2H3,(H,20,21). The van der Waals surface area contributed by atoms with E-state index in [1.165, 1.54) is 11.1 Å². The van der Waals surface area contributed by atoms with Crippen molar-refractivity contribution in [3.8, 4) is 6.07 Å². The summed E-state index contributed by atoms with van der Waals surface area (Å²) >= 11 is 0. The van der Waals surface area contributed by atoms with Gasteiger partial charge in [-0.15, -0.1) is 0 Å². The van der Waals surface area contributed by atoms with Gasteiger partial charge in [0.05, 0.1) is 22.1 Å². The van der Waals surface area contributed by atoms with Gasteiger partial charge < -0.3 is 11.1 Å². The van der Waals surface area contributed by atoms with Crippen LogP contribution in [0.4, 0.5) is 5.95 Å². The van der Waals surface area contributed by atoms with Gasteiger partial charge in [-0.3, -0.25) is 4.57 Å². The number of nitrogens with zero attached hydrogens (tertiary/aromatic N) is 3. The topological polar surface area (TPSA) is 79.7 Å². The van der Waals surface area contributed by atoms with Crippen LogP contribution < -0.4 is 11.1 Å². The molecule has 1 spiro atoms. The molecular formula is C17H19N5. The maximum absolute atomic E-state index is 9.66. The molecule has 1 aliphatic heterocycles. The van der Waals surface area contributed by atoms with Crippen LogP contribution in [0.3, 0.4) is 0 Å². The number of allylic oxidation sites excluding steroid dienone is 1. The first-order valence-electron chi connectivity index (χ1n) is 7.74. The van der Waals surface area contributed by atoms with E-state index in [1.807, 2.05) is 0 Å². The van der Waals surface area contributed by atoms with Crippen LogP contribution in [0.15, 0.2) is 23.5 Å². The first kappa shape index (κ1) is 13.2. The molecule has 22 heavy (non-hydrogen) atoms. The first-order chi connectivity index (χ1) is 10.6. The lowest BCUT2D eigenvalue weighted by atomic mass is 9.86. The Hall–Kier alpha value is -2.48. The van der Waals surface area contributed by atoms with Crippen LogP contribution in [0.5, 0.6) is 0 Å². The maximum Gasteiger partial charge on any atom is 0.210 e. The SMILES string of the molecule is Cc1cc2nc3n(c2cc1C)C1(CCCC1)C(C#N)=C(N)N3. The number of nitrogens with two attached hydrogens (primary N) is 1. The van der Waals surface area contributed by atoms with Crippen LogP contribution in [0, 0.1) is 25.2 Å². The van der Waals surface area contributed by atoms with Gasteiger partial charge in [0.1, 0.15) is 11.9 Å². The average Bonchev–Trinajstić information content (AvgIpc) is 3.05. The highest BCUT2D eigenvalue weighted by molar-refractivity contribution is 5.82. The van der Waals surface area contributed by atoms with Crippen molar-refractivity contribution < 1.29 is 0 Å². The van der Waals surface area contributed by atoms with Gasteiger partial charge in [0.15, 0.2) is 0 Å². The van der Waals surface area contributed by atoms with E-state index in [0.717, 1.165) is 42.7 Å². The summed E-state index contributed by atoms with van der Waals surface area (Å²) in [5, 5.41) is 12.8. The Morgan fingerprint density at radius 3 is 2.64 bits per heavy atom. The molecule has 1 fully saturated rings. The molecule has 0 atom stereocenters. The second kappa shape index (κ2) is 4.26. The number of hydrogen-bond donors (Lipinski definition) is 2. The minimum Gasteiger partial charge on any atom is -0.384 e. The van der Waals surface area contributed by atoms with Gasteiger partial charge >= 0.3 is 0 Å². The molecule has 3 N–H and O–H groups in total. The number of anilines is 1. The lowest BCUT2D eigenvalue weighted by molar-refractivity contribution is 0.370. The summed E-state index contributed by atoms with van der Waals surface area (Å²) < 4.78 is 2.22. The third-order valence-electron chi connectivity index (χ3n) is 5.22. The molecule has 0 amide bonds. The number of fused-ring (bicyclic) bond motifs is 4. The highest BCUT2D eigenvalue weighted by Crippen LogP contribution is 2.48. The molecule has 2 aromatic rings. The zero-order valence-corrected chi connectivity index (χ0v) is 12.9. The van der Waals surface area contributed by atoms with E-state index in [0.29, 0.717) is 11.4 Å². The molecule has 0 bridgehead atoms. The Balaban J connectivity index is 2.08. The summed E-state index contributed by atoms with van der Waals surface area (Å²) in [6.45, 7) is 4.21. The number of nitrogens with one attached hydrogen (secondary N) is 1. The van der Waals surface area contributed by atoms with Crippen LogP contribution >= 0.6 is 0 Å². The molecule has 1 saturated carbocycles. The Morgan fingerprint density at radius 2 is 1.95 bits per heavy atom. The molecule has 0 radical (unpaired) electrons. The van der Waals surface area contributed by atoms with Crippen LogP contribution in [-0.4, -0.2) is 9.55 Å². The van der Waals surface area contributed by atoms with E-state index in [4.69, 9.17) is 10.7 Å². The Bertz CT molecular complexity index is 859.